The van der Waals surface area contributed by atoms with Crippen molar-refractivity contribution in [1.82, 2.24) is 9.80 Å². The fourth-order valence-corrected chi connectivity index (χ4v) is 2.05. The van der Waals surface area contributed by atoms with Gasteiger partial charge in [0.1, 0.15) is 0 Å². The van der Waals surface area contributed by atoms with Crippen LogP contribution < -0.4 is 0 Å². The lowest BCUT2D eigenvalue weighted by atomic mass is 10.0. The van der Waals surface area contributed by atoms with Gasteiger partial charge in [0.15, 0.2) is 0 Å². The van der Waals surface area contributed by atoms with Gasteiger partial charge in [-0.3, -0.25) is 4.90 Å². The third-order valence-corrected chi connectivity index (χ3v) is 3.38. The van der Waals surface area contributed by atoms with Gasteiger partial charge in [0, 0.05) is 6.04 Å². The van der Waals surface area contributed by atoms with Gasteiger partial charge in [-0.05, 0) is 46.4 Å². The van der Waals surface area contributed by atoms with Gasteiger partial charge in [0.05, 0.1) is 12.1 Å². The van der Waals surface area contributed by atoms with Crippen LogP contribution in [0.25, 0.3) is 0 Å². The lowest BCUT2D eigenvalue weighted by Gasteiger charge is -2.37. The van der Waals surface area contributed by atoms with Crippen LogP contribution in [0.5, 0.6) is 0 Å². The fourth-order valence-electron chi connectivity index (χ4n) is 2.05. The molecule has 1 rings (SSSR count). The molecule has 0 aromatic heterocycles. The zero-order valence-electron chi connectivity index (χ0n) is 9.53. The van der Waals surface area contributed by atoms with E-state index in [1.807, 2.05) is 6.92 Å². The molecular formula is C11H21N3. The molecule has 0 aliphatic carbocycles. The van der Waals surface area contributed by atoms with Gasteiger partial charge in [-0.25, -0.2) is 0 Å². The zero-order chi connectivity index (χ0) is 10.6. The number of nitriles is 1. The monoisotopic (exact) mass is 195 g/mol. The largest absolute Gasteiger partial charge is 0.303 e. The van der Waals surface area contributed by atoms with Crippen molar-refractivity contribution in [2.75, 3.05) is 26.7 Å². The molecule has 1 atom stereocenters. The minimum atomic E-state index is 0.0492. The summed E-state index contributed by atoms with van der Waals surface area (Å²) in [5.41, 5.74) is 0. The molecular weight excluding hydrogens is 174 g/mol. The van der Waals surface area contributed by atoms with Crippen LogP contribution in [0.4, 0.5) is 0 Å². The van der Waals surface area contributed by atoms with E-state index in [4.69, 9.17) is 5.26 Å². The van der Waals surface area contributed by atoms with Crippen molar-refractivity contribution >= 4 is 0 Å². The van der Waals surface area contributed by atoms with Crippen molar-refractivity contribution < 1.29 is 0 Å². The Kier molecular flexibility index (Phi) is 4.37. The van der Waals surface area contributed by atoms with Crippen molar-refractivity contribution in [2.45, 2.75) is 38.8 Å². The lowest BCUT2D eigenvalue weighted by Crippen LogP contribution is -2.45. The first kappa shape index (κ1) is 11.5. The second-order valence-corrected chi connectivity index (χ2v) is 4.14. The summed E-state index contributed by atoms with van der Waals surface area (Å²) < 4.78 is 0. The van der Waals surface area contributed by atoms with E-state index in [1.54, 1.807) is 0 Å². The first-order valence-electron chi connectivity index (χ1n) is 5.53. The van der Waals surface area contributed by atoms with Gasteiger partial charge < -0.3 is 4.90 Å². The topological polar surface area (TPSA) is 30.3 Å². The van der Waals surface area contributed by atoms with E-state index in [2.05, 4.69) is 29.8 Å². The molecule has 1 aliphatic heterocycles. The first-order valence-corrected chi connectivity index (χ1v) is 5.53. The second kappa shape index (κ2) is 5.33. The van der Waals surface area contributed by atoms with Gasteiger partial charge in [0.2, 0.25) is 0 Å². The Bertz CT molecular complexity index is 201. The summed E-state index contributed by atoms with van der Waals surface area (Å²) in [6.07, 6.45) is 2.41. The number of piperidine rings is 1. The summed E-state index contributed by atoms with van der Waals surface area (Å²) in [6, 6.07) is 2.95. The van der Waals surface area contributed by atoms with E-state index >= 15 is 0 Å². The minimum Gasteiger partial charge on any atom is -0.303 e. The molecule has 0 saturated carbocycles. The highest BCUT2D eigenvalue weighted by Gasteiger charge is 2.23. The Labute approximate surface area is 87.3 Å². The van der Waals surface area contributed by atoms with Crippen molar-refractivity contribution in [1.29, 1.82) is 5.26 Å². The highest BCUT2D eigenvalue weighted by Crippen LogP contribution is 2.16. The third-order valence-electron chi connectivity index (χ3n) is 3.38. The molecule has 0 N–H and O–H groups in total. The van der Waals surface area contributed by atoms with E-state index in [9.17, 15) is 0 Å². The maximum Gasteiger partial charge on any atom is 0.0949 e. The van der Waals surface area contributed by atoms with E-state index in [-0.39, 0.29) is 6.04 Å². The molecule has 1 aliphatic rings. The fraction of sp³-hybridized carbons (Fsp3) is 0.909. The van der Waals surface area contributed by atoms with Crippen LogP contribution in [0.2, 0.25) is 0 Å². The van der Waals surface area contributed by atoms with Crippen LogP contribution in [0, 0.1) is 11.3 Å². The molecule has 3 nitrogen and oxygen atoms in total. The second-order valence-electron chi connectivity index (χ2n) is 4.14. The van der Waals surface area contributed by atoms with Gasteiger partial charge in [-0.1, -0.05) is 6.92 Å². The summed E-state index contributed by atoms with van der Waals surface area (Å²) in [5, 5.41) is 8.83. The molecule has 3 heteroatoms. The van der Waals surface area contributed by atoms with Gasteiger partial charge in [0.25, 0.3) is 0 Å². The van der Waals surface area contributed by atoms with Crippen LogP contribution in [-0.2, 0) is 0 Å². The smallest absolute Gasteiger partial charge is 0.0949 e. The third kappa shape index (κ3) is 2.70. The lowest BCUT2D eigenvalue weighted by molar-refractivity contribution is 0.120. The van der Waals surface area contributed by atoms with Crippen LogP contribution in [0.15, 0.2) is 0 Å². The van der Waals surface area contributed by atoms with E-state index < -0.39 is 0 Å². The average molecular weight is 195 g/mol. The summed E-state index contributed by atoms with van der Waals surface area (Å²) in [4.78, 5) is 4.69. The first-order chi connectivity index (χ1) is 6.69. The van der Waals surface area contributed by atoms with Crippen molar-refractivity contribution in [2.24, 2.45) is 0 Å². The van der Waals surface area contributed by atoms with E-state index in [0.29, 0.717) is 6.04 Å². The SMILES string of the molecule is CCN1CCC(N(C)C(C)C#N)CC1. The molecule has 0 bridgehead atoms. The minimum absolute atomic E-state index is 0.0492. The Morgan fingerprint density at radius 3 is 2.50 bits per heavy atom. The van der Waals surface area contributed by atoms with E-state index in [0.717, 1.165) is 6.54 Å². The number of rotatable bonds is 3. The predicted octanol–water partition coefficient (Wildman–Crippen LogP) is 1.31. The quantitative estimate of drug-likeness (QED) is 0.680. The van der Waals surface area contributed by atoms with Crippen LogP contribution >= 0.6 is 0 Å². The Morgan fingerprint density at radius 2 is 2.07 bits per heavy atom. The number of likely N-dealkylation sites (tertiary alicyclic amines) is 1. The molecule has 80 valence electrons. The molecule has 0 spiro atoms. The molecule has 0 radical (unpaired) electrons. The molecule has 1 fully saturated rings. The predicted molar refractivity (Wildman–Crippen MR) is 58.0 cm³/mol. The van der Waals surface area contributed by atoms with Crippen LogP contribution in [-0.4, -0.2) is 48.6 Å². The van der Waals surface area contributed by atoms with Crippen LogP contribution in [0.3, 0.4) is 0 Å². The highest BCUT2D eigenvalue weighted by molar-refractivity contribution is 4.91. The average Bonchev–Trinajstić information content (AvgIpc) is 2.27. The van der Waals surface area contributed by atoms with E-state index in [1.165, 1.54) is 25.9 Å². The summed E-state index contributed by atoms with van der Waals surface area (Å²) in [5.74, 6) is 0. The molecule has 1 heterocycles. The molecule has 0 amide bonds. The normalized spacial score (nSPS) is 22.2. The Balaban J connectivity index is 2.38. The number of hydrogen-bond donors (Lipinski definition) is 0. The molecule has 14 heavy (non-hydrogen) atoms. The van der Waals surface area contributed by atoms with Gasteiger partial charge >= 0.3 is 0 Å². The number of nitrogens with zero attached hydrogens (tertiary/aromatic N) is 3. The van der Waals surface area contributed by atoms with Gasteiger partial charge in [-0.2, -0.15) is 5.26 Å². The van der Waals surface area contributed by atoms with Crippen molar-refractivity contribution in [3.63, 3.8) is 0 Å². The molecule has 0 aromatic carbocycles. The molecule has 1 unspecified atom stereocenters. The maximum atomic E-state index is 8.83. The Morgan fingerprint density at radius 1 is 1.50 bits per heavy atom. The molecule has 0 aromatic rings. The standard InChI is InChI=1S/C11H21N3/c1-4-14-7-5-11(6-8-14)13(3)10(2)9-12/h10-11H,4-8H2,1-3H3. The van der Waals surface area contributed by atoms with Crippen molar-refractivity contribution in [3.05, 3.63) is 0 Å². The summed E-state index contributed by atoms with van der Waals surface area (Å²) >= 11 is 0. The van der Waals surface area contributed by atoms with Crippen LogP contribution in [0.1, 0.15) is 26.7 Å². The van der Waals surface area contributed by atoms with Crippen molar-refractivity contribution in [3.8, 4) is 6.07 Å². The maximum absolute atomic E-state index is 8.83. The molecule has 1 saturated heterocycles. The summed E-state index contributed by atoms with van der Waals surface area (Å²) in [7, 11) is 2.07. The summed E-state index contributed by atoms with van der Waals surface area (Å²) in [6.45, 7) is 7.71. The van der Waals surface area contributed by atoms with Gasteiger partial charge in [-0.15, -0.1) is 0 Å². The Hall–Kier alpha value is -0.590. The number of hydrogen-bond acceptors (Lipinski definition) is 3. The zero-order valence-corrected chi connectivity index (χ0v) is 9.53. The highest BCUT2D eigenvalue weighted by atomic mass is 15.2.